The van der Waals surface area contributed by atoms with Crippen LogP contribution in [0.2, 0.25) is 0 Å². The third-order valence-corrected chi connectivity index (χ3v) is 1.76. The van der Waals surface area contributed by atoms with Crippen molar-refractivity contribution in [2.75, 3.05) is 6.61 Å². The van der Waals surface area contributed by atoms with Crippen LogP contribution >= 0.6 is 17.0 Å². The highest BCUT2D eigenvalue weighted by molar-refractivity contribution is 8.93. The number of rotatable bonds is 3. The molecule has 1 aromatic rings. The van der Waals surface area contributed by atoms with Crippen LogP contribution in [0.15, 0.2) is 30.3 Å². The Morgan fingerprint density at radius 2 is 1.77 bits per heavy atom. The zero-order valence-corrected chi connectivity index (χ0v) is 8.84. The molecule has 2 unspecified atom stereocenters. The van der Waals surface area contributed by atoms with E-state index in [2.05, 4.69) is 0 Å². The lowest BCUT2D eigenvalue weighted by Gasteiger charge is -2.16. The summed E-state index contributed by atoms with van der Waals surface area (Å²) >= 11 is 0. The molecule has 0 fully saturated rings. The van der Waals surface area contributed by atoms with Crippen molar-refractivity contribution in [3.63, 3.8) is 0 Å². The zero-order chi connectivity index (χ0) is 8.97. The van der Waals surface area contributed by atoms with E-state index >= 15 is 0 Å². The van der Waals surface area contributed by atoms with Gasteiger partial charge in [-0.2, -0.15) is 0 Å². The van der Waals surface area contributed by atoms with Gasteiger partial charge in [-0.25, -0.2) is 0 Å². The largest absolute Gasteiger partial charge is 0.395 e. The van der Waals surface area contributed by atoms with Gasteiger partial charge in [0, 0.05) is 0 Å². The Morgan fingerprint density at radius 3 is 2.23 bits per heavy atom. The van der Waals surface area contributed by atoms with Gasteiger partial charge in [0.1, 0.15) is 0 Å². The number of benzene rings is 1. The van der Waals surface area contributed by atoms with E-state index < -0.39 is 12.1 Å². The maximum Gasteiger partial charge on any atom is 0.0963 e. The lowest BCUT2D eigenvalue weighted by atomic mass is 10.0. The molecule has 2 atom stereocenters. The van der Waals surface area contributed by atoms with E-state index in [4.69, 9.17) is 10.8 Å². The molecule has 0 heterocycles. The van der Waals surface area contributed by atoms with E-state index in [0.29, 0.717) is 0 Å². The Morgan fingerprint density at radius 1 is 1.23 bits per heavy atom. The summed E-state index contributed by atoms with van der Waals surface area (Å²) in [6.45, 7) is -0.212. The molecule has 0 aromatic heterocycles. The second-order valence-electron chi connectivity index (χ2n) is 2.70. The van der Waals surface area contributed by atoms with Gasteiger partial charge in [-0.15, -0.1) is 17.0 Å². The van der Waals surface area contributed by atoms with Gasteiger partial charge in [-0.3, -0.25) is 0 Å². The summed E-state index contributed by atoms with van der Waals surface area (Å²) in [5.41, 5.74) is 6.18. The van der Waals surface area contributed by atoms with Gasteiger partial charge in [0.2, 0.25) is 0 Å². The summed E-state index contributed by atoms with van der Waals surface area (Å²) in [5.74, 6) is 0. The molecule has 13 heavy (non-hydrogen) atoms. The lowest BCUT2D eigenvalue weighted by Crippen LogP contribution is -2.31. The fraction of sp³-hybridized carbons (Fsp3) is 0.333. The van der Waals surface area contributed by atoms with E-state index in [-0.39, 0.29) is 23.6 Å². The zero-order valence-electron chi connectivity index (χ0n) is 7.13. The third kappa shape index (κ3) is 3.44. The highest BCUT2D eigenvalue weighted by atomic mass is 79.9. The van der Waals surface area contributed by atoms with Crippen LogP contribution in [0.1, 0.15) is 11.7 Å². The van der Waals surface area contributed by atoms with Gasteiger partial charge in [0.25, 0.3) is 0 Å². The summed E-state index contributed by atoms with van der Waals surface area (Å²) in [5, 5.41) is 18.2. The molecular formula is C9H14BrNO2. The molecule has 0 spiro atoms. The Balaban J connectivity index is 0.00000144. The maximum atomic E-state index is 9.50. The average molecular weight is 248 g/mol. The van der Waals surface area contributed by atoms with Gasteiger partial charge in [-0.05, 0) is 5.56 Å². The first kappa shape index (κ1) is 12.6. The van der Waals surface area contributed by atoms with Crippen molar-refractivity contribution in [3.05, 3.63) is 35.9 Å². The molecule has 0 saturated carbocycles. The van der Waals surface area contributed by atoms with Gasteiger partial charge >= 0.3 is 0 Å². The van der Waals surface area contributed by atoms with E-state index in [0.717, 1.165) is 5.56 Å². The molecule has 0 saturated heterocycles. The van der Waals surface area contributed by atoms with E-state index in [1.54, 1.807) is 12.1 Å². The molecule has 74 valence electrons. The molecule has 3 nitrogen and oxygen atoms in total. The molecule has 0 aliphatic heterocycles. The molecule has 4 heteroatoms. The second-order valence-corrected chi connectivity index (χ2v) is 2.70. The number of hydrogen-bond acceptors (Lipinski definition) is 3. The first-order chi connectivity index (χ1) is 5.75. The molecular weight excluding hydrogens is 234 g/mol. The Labute approximate surface area is 88.0 Å². The van der Waals surface area contributed by atoms with Crippen LogP contribution in [0.5, 0.6) is 0 Å². The monoisotopic (exact) mass is 247 g/mol. The van der Waals surface area contributed by atoms with Crippen molar-refractivity contribution in [1.82, 2.24) is 0 Å². The minimum atomic E-state index is -0.781. The topological polar surface area (TPSA) is 66.5 Å². The van der Waals surface area contributed by atoms with Gasteiger partial charge in [0.15, 0.2) is 0 Å². The Kier molecular flexibility index (Phi) is 5.90. The summed E-state index contributed by atoms with van der Waals surface area (Å²) in [7, 11) is 0. The first-order valence-electron chi connectivity index (χ1n) is 3.85. The standard InChI is InChI=1S/C9H13NO2.BrH/c10-8(6-11)9(12)7-4-2-1-3-5-7;/h1-5,8-9,11-12H,6,10H2;1H. The van der Waals surface area contributed by atoms with Crippen LogP contribution in [0, 0.1) is 0 Å². The third-order valence-electron chi connectivity index (χ3n) is 1.76. The number of aliphatic hydroxyl groups is 2. The molecule has 1 aromatic carbocycles. The highest BCUT2D eigenvalue weighted by Gasteiger charge is 2.14. The van der Waals surface area contributed by atoms with Gasteiger partial charge < -0.3 is 15.9 Å². The molecule has 0 radical (unpaired) electrons. The van der Waals surface area contributed by atoms with Crippen molar-refractivity contribution < 1.29 is 10.2 Å². The fourth-order valence-corrected chi connectivity index (χ4v) is 0.997. The molecule has 4 N–H and O–H groups in total. The highest BCUT2D eigenvalue weighted by Crippen LogP contribution is 2.14. The van der Waals surface area contributed by atoms with Crippen LogP contribution in [-0.2, 0) is 0 Å². The summed E-state index contributed by atoms with van der Waals surface area (Å²) in [6.07, 6.45) is -0.781. The predicted molar refractivity (Wildman–Crippen MR) is 56.8 cm³/mol. The van der Waals surface area contributed by atoms with Gasteiger partial charge in [0.05, 0.1) is 18.8 Å². The van der Waals surface area contributed by atoms with Crippen LogP contribution in [0.4, 0.5) is 0 Å². The smallest absolute Gasteiger partial charge is 0.0963 e. The van der Waals surface area contributed by atoms with E-state index in [1.165, 1.54) is 0 Å². The minimum absolute atomic E-state index is 0. The van der Waals surface area contributed by atoms with Crippen molar-refractivity contribution in [2.45, 2.75) is 12.1 Å². The fourth-order valence-electron chi connectivity index (χ4n) is 0.997. The average Bonchev–Trinajstić information content (AvgIpc) is 2.17. The molecule has 0 aliphatic rings. The molecule has 0 aliphatic carbocycles. The van der Waals surface area contributed by atoms with Crippen LogP contribution in [0.25, 0.3) is 0 Å². The number of halogens is 1. The molecule has 0 amide bonds. The summed E-state index contributed by atoms with van der Waals surface area (Å²) in [6, 6.07) is 8.46. The minimum Gasteiger partial charge on any atom is -0.395 e. The van der Waals surface area contributed by atoms with Gasteiger partial charge in [-0.1, -0.05) is 30.3 Å². The van der Waals surface area contributed by atoms with Crippen molar-refractivity contribution in [1.29, 1.82) is 0 Å². The van der Waals surface area contributed by atoms with E-state index in [9.17, 15) is 5.11 Å². The SMILES string of the molecule is Br.NC(CO)C(O)c1ccccc1. The number of hydrogen-bond donors (Lipinski definition) is 3. The van der Waals surface area contributed by atoms with E-state index in [1.807, 2.05) is 18.2 Å². The van der Waals surface area contributed by atoms with Crippen LogP contribution in [-0.4, -0.2) is 22.9 Å². The molecule has 1 rings (SSSR count). The maximum absolute atomic E-state index is 9.50. The number of nitrogens with two attached hydrogens (primary N) is 1. The number of aliphatic hydroxyl groups excluding tert-OH is 2. The Bertz CT molecular complexity index is 230. The van der Waals surface area contributed by atoms with Crippen molar-refractivity contribution in [2.24, 2.45) is 5.73 Å². The van der Waals surface area contributed by atoms with Crippen molar-refractivity contribution in [3.8, 4) is 0 Å². The first-order valence-corrected chi connectivity index (χ1v) is 3.85. The summed E-state index contributed by atoms with van der Waals surface area (Å²) < 4.78 is 0. The predicted octanol–water partition coefficient (Wildman–Crippen LogP) is 0.618. The second kappa shape index (κ2) is 6.10. The summed E-state index contributed by atoms with van der Waals surface area (Å²) in [4.78, 5) is 0. The van der Waals surface area contributed by atoms with Crippen LogP contribution < -0.4 is 5.73 Å². The molecule has 0 bridgehead atoms. The Hall–Kier alpha value is -0.420. The van der Waals surface area contributed by atoms with Crippen LogP contribution in [0.3, 0.4) is 0 Å². The quantitative estimate of drug-likeness (QED) is 0.734. The normalized spacial score (nSPS) is 14.4. The lowest BCUT2D eigenvalue weighted by molar-refractivity contribution is 0.109. The van der Waals surface area contributed by atoms with Crippen molar-refractivity contribution >= 4 is 17.0 Å².